The highest BCUT2D eigenvalue weighted by Gasteiger charge is 2.43. The van der Waals surface area contributed by atoms with Crippen molar-refractivity contribution in [2.75, 3.05) is 6.61 Å². The maximum Gasteiger partial charge on any atom is 0.337 e. The summed E-state index contributed by atoms with van der Waals surface area (Å²) in [7, 11) is -4.88. The molecule has 0 radical (unpaired) electrons. The van der Waals surface area contributed by atoms with Crippen LogP contribution in [0.5, 0.6) is 0 Å². The summed E-state index contributed by atoms with van der Waals surface area (Å²) in [5.74, 6) is 0. The zero-order valence-corrected chi connectivity index (χ0v) is 26.2. The molecule has 2 rings (SSSR count). The van der Waals surface area contributed by atoms with Crippen LogP contribution in [0.15, 0.2) is 15.8 Å². The van der Waals surface area contributed by atoms with E-state index in [2.05, 4.69) is 55.0 Å². The van der Waals surface area contributed by atoms with Crippen LogP contribution < -0.4 is 11.2 Å². The Balaban J connectivity index is 2.25. The number of nitrogens with one attached hydrogen (secondary N) is 1. The average Bonchev–Trinajstić information content (AvgIpc) is 3.01. The average molecular weight is 629 g/mol. The quantitative estimate of drug-likeness (QED) is 0.221. The lowest BCUT2D eigenvalue weighted by Gasteiger charge is -2.37. The fourth-order valence-electron chi connectivity index (χ4n) is 2.84. The molecule has 5 atom stereocenters. The largest absolute Gasteiger partial charge is 0.414 e. The Morgan fingerprint density at radius 1 is 1.29 bits per heavy atom. The van der Waals surface area contributed by atoms with E-state index in [1.807, 2.05) is 0 Å². The van der Waals surface area contributed by atoms with E-state index in [1.165, 1.54) is 10.8 Å². The van der Waals surface area contributed by atoms with Gasteiger partial charge in [0.25, 0.3) is 5.56 Å². The van der Waals surface area contributed by atoms with Crippen LogP contribution in [0.1, 0.15) is 39.0 Å². The molecule has 0 amide bonds. The van der Waals surface area contributed by atoms with Crippen molar-refractivity contribution in [1.29, 1.82) is 0 Å². The van der Waals surface area contributed by atoms with Crippen LogP contribution in [0, 0.1) is 6.92 Å². The minimum absolute atomic E-state index is 0.0700. The van der Waals surface area contributed by atoms with Crippen LogP contribution in [0.2, 0.25) is 18.1 Å². The molecule has 0 spiro atoms. The van der Waals surface area contributed by atoms with Crippen LogP contribution in [-0.2, 0) is 57.7 Å². The zero-order valence-electron chi connectivity index (χ0n) is 20.0. The first-order valence-corrected chi connectivity index (χ1v) is 20.9. The Morgan fingerprint density at radius 3 is 2.43 bits per heavy atom. The second-order valence-corrected chi connectivity index (χ2v) is 22.1. The minimum Gasteiger partial charge on any atom is -0.414 e. The molecule has 1 aliphatic rings. The zero-order chi connectivity index (χ0) is 27.0. The standard InChI is InChI=1S/C16H31N2O10P3S3Si/c1-10-8-18(15(20)17-14(10)19)13-7-11(12(25-13)9-24-35(5,6)16(2,3)4)26-29(32)27-31(23,34)28-30(21,22)33/h8,11-13,29H,7,9H2,1-6H3,(H,23,34)(H,17,19,20)(H2,21,22,33)/t11-,12+,13+,31?/m0/s1. The first-order chi connectivity index (χ1) is 15.7. The van der Waals surface area contributed by atoms with Crippen molar-refractivity contribution < 1.29 is 37.0 Å². The SMILES string of the molecule is Cc1cn([C@H]2C[C@H](O[PH](=S)OP(O)(=S)OP(O)(O)=S)[C@@H](CO[Si](C)(C)C(C)(C)C)O2)c(=O)[nH]c1=O. The van der Waals surface area contributed by atoms with Crippen molar-refractivity contribution in [2.24, 2.45) is 0 Å². The van der Waals surface area contributed by atoms with Crippen LogP contribution in [-0.4, -0.2) is 51.4 Å². The van der Waals surface area contributed by atoms with Crippen molar-refractivity contribution >= 4 is 64.3 Å². The van der Waals surface area contributed by atoms with Gasteiger partial charge in [0.05, 0.1) is 12.7 Å². The van der Waals surface area contributed by atoms with Gasteiger partial charge in [0.2, 0.25) is 0 Å². The summed E-state index contributed by atoms with van der Waals surface area (Å²) in [6, 6.07) is 0. The fraction of sp³-hybridized carbons (Fsp3) is 0.750. The predicted molar refractivity (Wildman–Crippen MR) is 146 cm³/mol. The van der Waals surface area contributed by atoms with E-state index in [1.54, 1.807) is 6.92 Å². The minimum atomic E-state index is -4.29. The number of aromatic nitrogens is 2. The molecule has 35 heavy (non-hydrogen) atoms. The first-order valence-electron chi connectivity index (χ1n) is 10.3. The van der Waals surface area contributed by atoms with Gasteiger partial charge in [-0.25, -0.2) is 9.11 Å². The van der Waals surface area contributed by atoms with E-state index in [9.17, 15) is 24.3 Å². The molecule has 0 aromatic carbocycles. The molecule has 0 saturated carbocycles. The van der Waals surface area contributed by atoms with Gasteiger partial charge >= 0.3 is 19.1 Å². The monoisotopic (exact) mass is 628 g/mol. The van der Waals surface area contributed by atoms with E-state index in [4.69, 9.17) is 41.6 Å². The van der Waals surface area contributed by atoms with Gasteiger partial charge in [-0.3, -0.25) is 18.7 Å². The van der Waals surface area contributed by atoms with E-state index >= 15 is 0 Å². The van der Waals surface area contributed by atoms with Gasteiger partial charge in [-0.05, 0) is 60.5 Å². The molecule has 1 saturated heterocycles. The van der Waals surface area contributed by atoms with Crippen molar-refractivity contribution in [1.82, 2.24) is 9.55 Å². The maximum absolute atomic E-state index is 12.4. The van der Waals surface area contributed by atoms with Crippen molar-refractivity contribution in [3.05, 3.63) is 32.6 Å². The summed E-state index contributed by atoms with van der Waals surface area (Å²) in [6.07, 6.45) is -0.643. The molecule has 4 N–H and O–H groups in total. The predicted octanol–water partition coefficient (Wildman–Crippen LogP) is 2.50. The Bertz CT molecular complexity index is 1160. The molecule has 2 unspecified atom stereocenters. The first kappa shape index (κ1) is 31.7. The molecule has 19 heteroatoms. The van der Waals surface area contributed by atoms with Gasteiger partial charge < -0.3 is 28.4 Å². The third kappa shape index (κ3) is 9.34. The summed E-state index contributed by atoms with van der Waals surface area (Å²) in [4.78, 5) is 55.0. The molecule has 1 aromatic rings. The summed E-state index contributed by atoms with van der Waals surface area (Å²) >= 11 is 14.2. The number of aromatic amines is 1. The molecule has 0 aliphatic carbocycles. The molecule has 1 aromatic heterocycles. The fourth-order valence-corrected chi connectivity index (χ4v) is 11.1. The second kappa shape index (κ2) is 11.7. The highest BCUT2D eigenvalue weighted by Crippen LogP contribution is 2.62. The molecule has 1 aliphatic heterocycles. The van der Waals surface area contributed by atoms with Gasteiger partial charge in [-0.1, -0.05) is 20.8 Å². The van der Waals surface area contributed by atoms with Gasteiger partial charge in [0.15, 0.2) is 15.5 Å². The van der Waals surface area contributed by atoms with E-state index < -0.39 is 58.6 Å². The van der Waals surface area contributed by atoms with Crippen molar-refractivity contribution in [3.8, 4) is 0 Å². The van der Waals surface area contributed by atoms with Crippen LogP contribution in [0.3, 0.4) is 0 Å². The third-order valence-electron chi connectivity index (χ3n) is 5.70. The summed E-state index contributed by atoms with van der Waals surface area (Å²) < 4.78 is 29.0. The van der Waals surface area contributed by atoms with Crippen molar-refractivity contribution in [3.63, 3.8) is 0 Å². The molecule has 12 nitrogen and oxygen atoms in total. The molecular formula is C16H31N2O10P3S3Si. The molecule has 2 heterocycles. The topological polar surface area (TPSA) is 162 Å². The summed E-state index contributed by atoms with van der Waals surface area (Å²) in [6.45, 7) is 3.65. The maximum atomic E-state index is 12.4. The molecular weight excluding hydrogens is 597 g/mol. The molecule has 202 valence electrons. The smallest absolute Gasteiger partial charge is 0.337 e. The Labute approximate surface area is 220 Å². The van der Waals surface area contributed by atoms with Crippen molar-refractivity contribution in [2.45, 2.75) is 70.7 Å². The van der Waals surface area contributed by atoms with Crippen LogP contribution in [0.25, 0.3) is 0 Å². The number of hydrogen-bond donors (Lipinski definition) is 4. The summed E-state index contributed by atoms with van der Waals surface area (Å²) in [5, 5.41) is -0.0700. The molecule has 0 bridgehead atoms. The number of nitrogens with zero attached hydrogens (tertiary/aromatic N) is 1. The number of ether oxygens (including phenoxy) is 1. The van der Waals surface area contributed by atoms with E-state index in [0.29, 0.717) is 5.56 Å². The van der Waals surface area contributed by atoms with Gasteiger partial charge in [0, 0.05) is 18.2 Å². The Hall–Kier alpha value is 0.527. The number of aryl methyl sites for hydroxylation is 1. The van der Waals surface area contributed by atoms with E-state index in [0.717, 1.165) is 0 Å². The lowest BCUT2D eigenvalue weighted by atomic mass is 10.2. The number of H-pyrrole nitrogens is 1. The normalized spacial score (nSPS) is 24.3. The molecule has 1 fully saturated rings. The van der Waals surface area contributed by atoms with E-state index in [-0.39, 0.29) is 18.1 Å². The third-order valence-corrected chi connectivity index (χ3v) is 16.7. The van der Waals surface area contributed by atoms with Gasteiger partial charge in [-0.2, -0.15) is 0 Å². The number of rotatable bonds is 10. The Kier molecular flexibility index (Phi) is 10.6. The lowest BCUT2D eigenvalue weighted by molar-refractivity contribution is -0.0388. The highest BCUT2D eigenvalue weighted by molar-refractivity contribution is 8.16. The summed E-state index contributed by atoms with van der Waals surface area (Å²) in [5.41, 5.74) is -0.822. The highest BCUT2D eigenvalue weighted by atomic mass is 32.5. The van der Waals surface area contributed by atoms with Gasteiger partial charge in [-0.15, -0.1) is 0 Å². The Morgan fingerprint density at radius 2 is 1.89 bits per heavy atom. The van der Waals surface area contributed by atoms with Gasteiger partial charge in [0.1, 0.15) is 12.3 Å². The van der Waals surface area contributed by atoms with Crippen LogP contribution >= 0.6 is 20.6 Å². The second-order valence-electron chi connectivity index (χ2n) is 9.45. The number of hydrogen-bond acceptors (Lipinski definition) is 10. The van der Waals surface area contributed by atoms with Crippen LogP contribution in [0.4, 0.5) is 0 Å². The lowest BCUT2D eigenvalue weighted by Crippen LogP contribution is -2.44.